The minimum absolute atomic E-state index is 0.0211. The Labute approximate surface area is 152 Å². The Morgan fingerprint density at radius 3 is 1.50 bits per heavy atom. The fourth-order valence-corrected chi connectivity index (χ4v) is 2.87. The molecule has 0 atom stereocenters. The van der Waals surface area contributed by atoms with Crippen LogP contribution in [0.1, 0.15) is 111 Å². The first-order valence-corrected chi connectivity index (χ1v) is 10.7. The number of carbonyl (C=O) groups is 1. The van der Waals surface area contributed by atoms with Gasteiger partial charge in [0.25, 0.3) is 0 Å². The van der Waals surface area contributed by atoms with Gasteiger partial charge in [-0.2, -0.15) is 0 Å². The third kappa shape index (κ3) is 14.8. The molecule has 0 aliphatic carbocycles. The maximum absolute atomic E-state index is 12.2. The molecule has 0 rings (SSSR count). The highest BCUT2D eigenvalue weighted by Crippen LogP contribution is 2.10. The number of carbonyl (C=O) groups excluding carboxylic acids is 1. The van der Waals surface area contributed by atoms with E-state index in [4.69, 9.17) is 0 Å². The topological polar surface area (TPSA) is 34.4 Å². The SMILES string of the molecule is CCCCCCCCCCCC[N]C(=O)N(CCCC)CCCC. The number of nitrogens with zero attached hydrogens (tertiary/aromatic N) is 2. The molecule has 0 aliphatic heterocycles. The Morgan fingerprint density at radius 1 is 0.625 bits per heavy atom. The van der Waals surface area contributed by atoms with E-state index in [1.807, 2.05) is 4.90 Å². The van der Waals surface area contributed by atoms with E-state index in [9.17, 15) is 4.79 Å². The molecule has 0 saturated carbocycles. The zero-order chi connectivity index (χ0) is 17.9. The van der Waals surface area contributed by atoms with Gasteiger partial charge in [-0.15, -0.1) is 0 Å². The molecule has 0 N–H and O–H groups in total. The lowest BCUT2D eigenvalue weighted by atomic mass is 10.1. The molecule has 0 fully saturated rings. The first-order chi connectivity index (χ1) is 11.8. The fraction of sp³-hybridized carbons (Fsp3) is 0.952. The predicted molar refractivity (Wildman–Crippen MR) is 106 cm³/mol. The van der Waals surface area contributed by atoms with Gasteiger partial charge in [0.2, 0.25) is 0 Å². The van der Waals surface area contributed by atoms with Crippen molar-refractivity contribution in [3.63, 3.8) is 0 Å². The molecule has 0 aliphatic rings. The summed E-state index contributed by atoms with van der Waals surface area (Å²) < 4.78 is 0. The van der Waals surface area contributed by atoms with E-state index in [0.717, 1.165) is 45.2 Å². The van der Waals surface area contributed by atoms with Crippen molar-refractivity contribution >= 4 is 6.03 Å². The highest BCUT2D eigenvalue weighted by atomic mass is 16.2. The van der Waals surface area contributed by atoms with Crippen LogP contribution in [0.5, 0.6) is 0 Å². The van der Waals surface area contributed by atoms with Gasteiger partial charge in [-0.25, -0.2) is 10.1 Å². The lowest BCUT2D eigenvalue weighted by Crippen LogP contribution is -2.37. The van der Waals surface area contributed by atoms with Crippen molar-refractivity contribution in [2.75, 3.05) is 19.6 Å². The van der Waals surface area contributed by atoms with Gasteiger partial charge >= 0.3 is 6.03 Å². The second-order valence-corrected chi connectivity index (χ2v) is 7.04. The van der Waals surface area contributed by atoms with Crippen molar-refractivity contribution in [2.24, 2.45) is 0 Å². The van der Waals surface area contributed by atoms with E-state index in [1.54, 1.807) is 0 Å². The van der Waals surface area contributed by atoms with Crippen molar-refractivity contribution < 1.29 is 4.79 Å². The standard InChI is InChI=1S/C21H43N2O/c1-4-7-10-11-12-13-14-15-16-17-18-22-21(24)23(19-8-5-2)20-9-6-3/h4-20H2,1-3H3. The predicted octanol–water partition coefficient (Wildman–Crippen LogP) is 6.53. The van der Waals surface area contributed by atoms with Crippen LogP contribution in [0.25, 0.3) is 0 Å². The number of amides is 2. The molecule has 143 valence electrons. The minimum Gasteiger partial charge on any atom is -0.323 e. The van der Waals surface area contributed by atoms with Crippen molar-refractivity contribution in [3.8, 4) is 0 Å². The van der Waals surface area contributed by atoms with Crippen LogP contribution < -0.4 is 5.32 Å². The van der Waals surface area contributed by atoms with Gasteiger partial charge in [-0.05, 0) is 19.3 Å². The van der Waals surface area contributed by atoms with E-state index in [0.29, 0.717) is 6.54 Å². The highest BCUT2D eigenvalue weighted by molar-refractivity contribution is 5.73. The van der Waals surface area contributed by atoms with Gasteiger partial charge in [0.15, 0.2) is 0 Å². The number of rotatable bonds is 17. The van der Waals surface area contributed by atoms with E-state index in [1.165, 1.54) is 57.8 Å². The Hall–Kier alpha value is -0.730. The summed E-state index contributed by atoms with van der Waals surface area (Å²) in [7, 11) is 0. The first-order valence-electron chi connectivity index (χ1n) is 10.7. The van der Waals surface area contributed by atoms with Crippen LogP contribution in [0.15, 0.2) is 0 Å². The molecule has 3 nitrogen and oxygen atoms in total. The van der Waals surface area contributed by atoms with Gasteiger partial charge in [0.1, 0.15) is 0 Å². The molecule has 1 radical (unpaired) electrons. The van der Waals surface area contributed by atoms with Crippen LogP contribution in [-0.2, 0) is 0 Å². The molecule has 0 aromatic carbocycles. The molecule has 3 heteroatoms. The third-order valence-corrected chi connectivity index (χ3v) is 4.59. The zero-order valence-electron chi connectivity index (χ0n) is 16.8. The monoisotopic (exact) mass is 339 g/mol. The average Bonchev–Trinajstić information content (AvgIpc) is 2.59. The smallest absolute Gasteiger partial charge is 0.323 e. The van der Waals surface area contributed by atoms with E-state index in [2.05, 4.69) is 26.1 Å². The van der Waals surface area contributed by atoms with Crippen molar-refractivity contribution in [3.05, 3.63) is 0 Å². The summed E-state index contributed by atoms with van der Waals surface area (Å²) in [5.74, 6) is 0. The summed E-state index contributed by atoms with van der Waals surface area (Å²) in [6.45, 7) is 9.06. The fourth-order valence-electron chi connectivity index (χ4n) is 2.87. The molecule has 0 heterocycles. The summed E-state index contributed by atoms with van der Waals surface area (Å²) in [5, 5.41) is 4.29. The lowest BCUT2D eigenvalue weighted by molar-refractivity contribution is 0.195. The van der Waals surface area contributed by atoms with Crippen LogP contribution >= 0.6 is 0 Å². The average molecular weight is 340 g/mol. The largest absolute Gasteiger partial charge is 0.338 e. The Bertz CT molecular complexity index is 261. The normalized spacial score (nSPS) is 10.8. The summed E-state index contributed by atoms with van der Waals surface area (Å²) >= 11 is 0. The maximum atomic E-state index is 12.2. The molecule has 0 aromatic heterocycles. The van der Waals surface area contributed by atoms with E-state index >= 15 is 0 Å². The van der Waals surface area contributed by atoms with Gasteiger partial charge in [-0.1, -0.05) is 91.4 Å². The highest BCUT2D eigenvalue weighted by Gasteiger charge is 2.12. The molecule has 2 amide bonds. The van der Waals surface area contributed by atoms with Crippen molar-refractivity contribution in [1.82, 2.24) is 10.2 Å². The van der Waals surface area contributed by atoms with Crippen molar-refractivity contribution in [1.29, 1.82) is 0 Å². The Kier molecular flexibility index (Phi) is 18.0. The summed E-state index contributed by atoms with van der Waals surface area (Å²) in [4.78, 5) is 14.1. The Balaban J connectivity index is 3.53. The quantitative estimate of drug-likeness (QED) is 0.277. The number of hydrogen-bond acceptors (Lipinski definition) is 1. The van der Waals surface area contributed by atoms with E-state index in [-0.39, 0.29) is 6.03 Å². The van der Waals surface area contributed by atoms with Crippen LogP contribution in [0.3, 0.4) is 0 Å². The molecule has 0 saturated heterocycles. The molecule has 24 heavy (non-hydrogen) atoms. The van der Waals surface area contributed by atoms with Crippen molar-refractivity contribution in [2.45, 2.75) is 111 Å². The maximum Gasteiger partial charge on any atom is 0.338 e. The Morgan fingerprint density at radius 2 is 1.04 bits per heavy atom. The van der Waals surface area contributed by atoms with Gasteiger partial charge in [0.05, 0.1) is 0 Å². The number of hydrogen-bond donors (Lipinski definition) is 0. The summed E-state index contributed by atoms with van der Waals surface area (Å²) in [5.41, 5.74) is 0. The first kappa shape index (κ1) is 23.3. The number of unbranched alkanes of at least 4 members (excludes halogenated alkanes) is 11. The van der Waals surface area contributed by atoms with Crippen LogP contribution in [-0.4, -0.2) is 30.6 Å². The molecule has 0 bridgehead atoms. The van der Waals surface area contributed by atoms with Crippen LogP contribution in [0.4, 0.5) is 4.79 Å². The lowest BCUT2D eigenvalue weighted by Gasteiger charge is -2.21. The second-order valence-electron chi connectivity index (χ2n) is 7.04. The molecule has 0 spiro atoms. The molecule has 0 unspecified atom stereocenters. The number of urea groups is 1. The van der Waals surface area contributed by atoms with Crippen LogP contribution in [0.2, 0.25) is 0 Å². The minimum atomic E-state index is 0.0211. The molecule has 0 aromatic rings. The third-order valence-electron chi connectivity index (χ3n) is 4.59. The zero-order valence-corrected chi connectivity index (χ0v) is 16.8. The van der Waals surface area contributed by atoms with Gasteiger partial charge in [0, 0.05) is 19.6 Å². The molecular weight excluding hydrogens is 296 g/mol. The van der Waals surface area contributed by atoms with Gasteiger partial charge < -0.3 is 4.90 Å². The van der Waals surface area contributed by atoms with Crippen LogP contribution in [0, 0.1) is 0 Å². The molecular formula is C21H43N2O. The van der Waals surface area contributed by atoms with E-state index < -0.39 is 0 Å². The summed E-state index contributed by atoms with van der Waals surface area (Å²) in [6, 6.07) is 0.0211. The summed E-state index contributed by atoms with van der Waals surface area (Å²) in [6.07, 6.45) is 17.7. The second kappa shape index (κ2) is 18.6. The van der Waals surface area contributed by atoms with Gasteiger partial charge in [-0.3, -0.25) is 0 Å².